The summed E-state index contributed by atoms with van der Waals surface area (Å²) in [6.45, 7) is 4.60. The Morgan fingerprint density at radius 3 is 1.53 bits per heavy atom. The van der Waals surface area contributed by atoms with Crippen LogP contribution in [-0.4, -0.2) is 82.5 Å². The highest BCUT2D eigenvalue weighted by molar-refractivity contribution is 7.15. The molecule has 4 atom stereocenters. The molecule has 4 aliphatic rings. The third-order valence-corrected chi connectivity index (χ3v) is 16.7. The number of nitrogens with zero attached hydrogens (tertiary/aromatic N) is 4. The molecule has 2 aromatic heterocycles. The second-order valence-electron chi connectivity index (χ2n) is 18.7. The zero-order valence-corrected chi connectivity index (χ0v) is 40.0. The van der Waals surface area contributed by atoms with Crippen molar-refractivity contribution in [1.29, 1.82) is 0 Å². The molecule has 6 heterocycles. The molecule has 0 unspecified atom stereocenters. The second kappa shape index (κ2) is 21.2. The van der Waals surface area contributed by atoms with Gasteiger partial charge in [0.15, 0.2) is 0 Å². The van der Waals surface area contributed by atoms with Crippen LogP contribution < -0.4 is 16.0 Å². The van der Waals surface area contributed by atoms with E-state index in [9.17, 15) is 19.2 Å². The Morgan fingerprint density at radius 2 is 1.01 bits per heavy atom. The van der Waals surface area contributed by atoms with Crippen LogP contribution >= 0.6 is 22.7 Å². The van der Waals surface area contributed by atoms with Crippen molar-refractivity contribution in [1.82, 2.24) is 35.7 Å². The van der Waals surface area contributed by atoms with Gasteiger partial charge in [0.25, 0.3) is 0 Å². The molecule has 0 aliphatic carbocycles. The molecule has 0 bridgehead atoms. The van der Waals surface area contributed by atoms with E-state index in [0.29, 0.717) is 13.1 Å². The Bertz CT molecular complexity index is 2490. The van der Waals surface area contributed by atoms with Crippen LogP contribution in [0.2, 0.25) is 0 Å². The zero-order valence-electron chi connectivity index (χ0n) is 38.4. The van der Waals surface area contributed by atoms with Crippen molar-refractivity contribution in [2.24, 2.45) is 11.8 Å². The predicted octanol–water partition coefficient (Wildman–Crippen LogP) is 9.53. The number of hydrogen-bond donors (Lipinski definition) is 3. The molecule has 0 radical (unpaired) electrons. The van der Waals surface area contributed by atoms with Gasteiger partial charge < -0.3 is 25.8 Å². The highest BCUT2D eigenvalue weighted by atomic mass is 32.1. The summed E-state index contributed by atoms with van der Waals surface area (Å²) in [7, 11) is 0. The average Bonchev–Trinajstić information content (AvgIpc) is 4.26. The van der Waals surface area contributed by atoms with E-state index in [1.807, 2.05) is 82.9 Å². The Hall–Kier alpha value is -5.86. The molecule has 3 amide bonds. The van der Waals surface area contributed by atoms with E-state index >= 15 is 0 Å². The first-order chi connectivity index (χ1) is 33.4. The topological polar surface area (TPSA) is 137 Å². The average molecular weight is 946 g/mol. The number of aromatic nitrogens is 2. The molecule has 0 spiro atoms. The fourth-order valence-corrected chi connectivity index (χ4v) is 12.7. The lowest BCUT2D eigenvalue weighted by Crippen LogP contribution is -2.46. The number of thiazole rings is 2. The molecular weight excluding hydrogens is 887 g/mol. The van der Waals surface area contributed by atoms with Gasteiger partial charge in [-0.3, -0.25) is 19.2 Å². The predicted molar refractivity (Wildman–Crippen MR) is 269 cm³/mol. The van der Waals surface area contributed by atoms with E-state index in [1.54, 1.807) is 22.7 Å². The molecule has 68 heavy (non-hydrogen) atoms. The molecule has 4 saturated heterocycles. The molecule has 6 aromatic rings. The molecule has 4 aliphatic heterocycles. The maximum atomic E-state index is 14.4. The van der Waals surface area contributed by atoms with E-state index in [2.05, 4.69) is 64.5 Å². The molecular formula is C55H59N7O4S2. The maximum Gasteiger partial charge on any atom is 0.250 e. The summed E-state index contributed by atoms with van der Waals surface area (Å²) in [5, 5.41) is 11.7. The van der Waals surface area contributed by atoms with Crippen LogP contribution in [0.1, 0.15) is 103 Å². The number of carbonyl (C=O) groups excluding carboxylic acids is 4. The normalized spacial score (nSPS) is 20.0. The van der Waals surface area contributed by atoms with Crippen molar-refractivity contribution in [3.63, 3.8) is 0 Å². The van der Waals surface area contributed by atoms with E-state index < -0.39 is 12.0 Å². The van der Waals surface area contributed by atoms with Crippen molar-refractivity contribution in [3.8, 4) is 32.0 Å². The van der Waals surface area contributed by atoms with E-state index in [4.69, 9.17) is 9.97 Å². The minimum Gasteiger partial charge on any atom is -0.340 e. The quantitative estimate of drug-likeness (QED) is 0.0983. The second-order valence-corrected chi connectivity index (χ2v) is 20.8. The zero-order chi connectivity index (χ0) is 46.4. The minimum atomic E-state index is -0.744. The highest BCUT2D eigenvalue weighted by Gasteiger charge is 2.40. The summed E-state index contributed by atoms with van der Waals surface area (Å²) in [6, 6.07) is 35.6. The summed E-state index contributed by atoms with van der Waals surface area (Å²) < 4.78 is 0. The molecule has 13 heteroatoms. The van der Waals surface area contributed by atoms with Gasteiger partial charge in [0.1, 0.15) is 21.8 Å². The Kier molecular flexibility index (Phi) is 14.3. The Balaban J connectivity index is 0.790. The van der Waals surface area contributed by atoms with Gasteiger partial charge in [0, 0.05) is 43.7 Å². The lowest BCUT2D eigenvalue weighted by Gasteiger charge is -2.30. The van der Waals surface area contributed by atoms with Crippen molar-refractivity contribution in [3.05, 3.63) is 143 Å². The van der Waals surface area contributed by atoms with E-state index in [1.165, 1.54) is 0 Å². The SMILES string of the molecule is O=C(C[C@@H](C(=O)N1CCC[C@H]1c1ncc(-c2ccc(-c3ccc(-c4cnc([C@@H]5CCCN5C(=O)[C@H](NC(=O)C5CCNCC5)c5ccccc5)s4)cc3)cc2)s1)c1ccccc1)C1CCNCC1. The maximum absolute atomic E-state index is 14.4. The number of benzene rings is 4. The summed E-state index contributed by atoms with van der Waals surface area (Å²) in [5.74, 6) is -0.496. The summed E-state index contributed by atoms with van der Waals surface area (Å²) in [4.78, 5) is 71.5. The third kappa shape index (κ3) is 10.1. The van der Waals surface area contributed by atoms with Crippen molar-refractivity contribution in [2.45, 2.75) is 81.8 Å². The van der Waals surface area contributed by atoms with Crippen LogP contribution in [0.3, 0.4) is 0 Å². The number of nitrogens with one attached hydrogen (secondary N) is 3. The lowest BCUT2D eigenvalue weighted by molar-refractivity contribution is -0.138. The van der Waals surface area contributed by atoms with E-state index in [0.717, 1.165) is 131 Å². The largest absolute Gasteiger partial charge is 0.340 e. The van der Waals surface area contributed by atoms with Gasteiger partial charge >= 0.3 is 0 Å². The molecule has 0 saturated carbocycles. The van der Waals surface area contributed by atoms with E-state index in [-0.39, 0.29) is 53.8 Å². The number of amides is 3. The number of hydrogen-bond acceptors (Lipinski definition) is 10. The number of ketones is 1. The standard InChI is InChI=1S/C55H59N7O4S2/c63-47(39-23-27-56-28-24-39)33-44(38-9-3-1-4-10-38)54(65)61-31-7-13-45(61)52-58-34-48(67-52)40-19-15-36(16-20-40)37-17-21-41(22-18-37)49-35-59-53(68-49)46-14-8-32-62(46)55(66)50(42-11-5-2-6-12-42)60-51(64)43-25-29-57-30-26-43/h1-6,9-12,15-22,34-35,39,43-46,50,56-57H,7-8,13-14,23-33H2,(H,60,64)/t44-,45+,46+,50-/m1/s1. The number of Topliss-reactive ketones (excluding diaryl/α,β-unsaturated/α-hetero) is 1. The summed E-state index contributed by atoms with van der Waals surface area (Å²) in [6.07, 6.45) is 10.8. The Labute approximate surface area is 406 Å². The molecule has 11 nitrogen and oxygen atoms in total. The molecule has 10 rings (SSSR count). The van der Waals surface area contributed by atoms with Crippen molar-refractivity contribution >= 4 is 46.2 Å². The molecule has 4 aromatic carbocycles. The first-order valence-electron chi connectivity index (χ1n) is 24.5. The number of likely N-dealkylation sites (tertiary alicyclic amines) is 2. The smallest absolute Gasteiger partial charge is 0.250 e. The molecule has 350 valence electrons. The Morgan fingerprint density at radius 1 is 0.559 bits per heavy atom. The van der Waals surface area contributed by atoms with Crippen LogP contribution in [0.4, 0.5) is 0 Å². The van der Waals surface area contributed by atoms with Crippen LogP contribution in [0.5, 0.6) is 0 Å². The van der Waals surface area contributed by atoms with Crippen LogP contribution in [0, 0.1) is 11.8 Å². The van der Waals surface area contributed by atoms with Gasteiger partial charge in [-0.05, 0) is 111 Å². The first kappa shape index (κ1) is 45.9. The monoisotopic (exact) mass is 945 g/mol. The van der Waals surface area contributed by atoms with Crippen LogP contribution in [0.15, 0.2) is 122 Å². The van der Waals surface area contributed by atoms with Crippen molar-refractivity contribution < 1.29 is 19.2 Å². The fourth-order valence-electron chi connectivity index (χ4n) is 10.6. The van der Waals surface area contributed by atoms with Crippen LogP contribution in [0.25, 0.3) is 32.0 Å². The fraction of sp³-hybridized carbons (Fsp3) is 0.382. The van der Waals surface area contributed by atoms with Gasteiger partial charge in [0.2, 0.25) is 17.7 Å². The number of piperidine rings is 2. The number of rotatable bonds is 14. The van der Waals surface area contributed by atoms with Gasteiger partial charge in [-0.2, -0.15) is 0 Å². The lowest BCUT2D eigenvalue weighted by atomic mass is 9.84. The minimum absolute atomic E-state index is 0.0104. The van der Waals surface area contributed by atoms with Crippen molar-refractivity contribution in [2.75, 3.05) is 39.3 Å². The first-order valence-corrected chi connectivity index (χ1v) is 26.1. The third-order valence-electron chi connectivity index (χ3n) is 14.4. The summed E-state index contributed by atoms with van der Waals surface area (Å²) in [5.41, 5.74) is 6.06. The highest BCUT2D eigenvalue weighted by Crippen LogP contribution is 2.42. The van der Waals surface area contributed by atoms with Gasteiger partial charge in [0.05, 0.1) is 27.8 Å². The van der Waals surface area contributed by atoms with Crippen LogP contribution in [-0.2, 0) is 19.2 Å². The molecule has 4 fully saturated rings. The van der Waals surface area contributed by atoms with Gasteiger partial charge in [-0.15, -0.1) is 22.7 Å². The molecule has 3 N–H and O–H groups in total. The summed E-state index contributed by atoms with van der Waals surface area (Å²) >= 11 is 3.27. The van der Waals surface area contributed by atoms with Gasteiger partial charge in [-0.1, -0.05) is 109 Å². The number of carbonyl (C=O) groups is 4. The van der Waals surface area contributed by atoms with Gasteiger partial charge in [-0.25, -0.2) is 9.97 Å².